The van der Waals surface area contributed by atoms with Gasteiger partial charge in [0.05, 0.1) is 10.5 Å². The zero-order valence-corrected chi connectivity index (χ0v) is 12.0. The summed E-state index contributed by atoms with van der Waals surface area (Å²) in [5.74, 6) is 0. The second-order valence-corrected chi connectivity index (χ2v) is 6.24. The molecule has 21 heavy (non-hydrogen) atoms. The summed E-state index contributed by atoms with van der Waals surface area (Å²) >= 11 is 0. The van der Waals surface area contributed by atoms with Crippen LogP contribution >= 0.6 is 10.5 Å². The Balaban J connectivity index is 0.000000383. The quantitative estimate of drug-likeness (QED) is 0.330. The summed E-state index contributed by atoms with van der Waals surface area (Å²) in [6.45, 7) is 3.63. The normalized spacial score (nSPS) is 13.1. The van der Waals surface area contributed by atoms with Gasteiger partial charge in [-0.2, -0.15) is 0 Å². The van der Waals surface area contributed by atoms with E-state index >= 15 is 0 Å². The van der Waals surface area contributed by atoms with Crippen LogP contribution in [0.3, 0.4) is 0 Å². The second-order valence-electron chi connectivity index (χ2n) is 4.20. The highest BCUT2D eigenvalue weighted by atomic mass is 32.2. The number of hydrogen-bond acceptors (Lipinski definition) is 0. The largest absolute Gasteiger partial charge is 0.673 e. The summed E-state index contributed by atoms with van der Waals surface area (Å²) in [6, 6.07) is 6.86. The van der Waals surface area contributed by atoms with Gasteiger partial charge in [0.2, 0.25) is 0 Å². The first-order chi connectivity index (χ1) is 9.45. The first kappa shape index (κ1) is 17.8. The molecule has 118 valence electrons. The molecule has 0 N–H and O–H groups in total. The Morgan fingerprint density at radius 2 is 1.62 bits per heavy atom. The lowest BCUT2D eigenvalue weighted by Crippen LogP contribution is -2.02. The van der Waals surface area contributed by atoms with E-state index in [9.17, 15) is 30.4 Å². The van der Waals surface area contributed by atoms with Crippen LogP contribution in [0.5, 0.6) is 0 Å². The van der Waals surface area contributed by atoms with E-state index in [1.54, 1.807) is 25.1 Å². The predicted molar refractivity (Wildman–Crippen MR) is 72.0 cm³/mol. The molecule has 0 saturated heterocycles. The minimum absolute atomic E-state index is 0.435. The standard InChI is InChI=1S/C12H12F3S.BF4/c1-3-9-7-10-8(2)5-4-6-11(10)16(9)12(13,14)15;2-1(3,4)5/h4-7H,3H2,1-2H3;/q+1;-1. The van der Waals surface area contributed by atoms with Crippen molar-refractivity contribution in [3.63, 3.8) is 0 Å². The van der Waals surface area contributed by atoms with Gasteiger partial charge in [0.15, 0.2) is 9.58 Å². The Morgan fingerprint density at radius 1 is 1.10 bits per heavy atom. The van der Waals surface area contributed by atoms with Crippen LogP contribution in [0.4, 0.5) is 30.4 Å². The fraction of sp³-hybridized carbons (Fsp3) is 0.333. The molecule has 0 aliphatic heterocycles. The van der Waals surface area contributed by atoms with Gasteiger partial charge in [-0.1, -0.05) is 19.1 Å². The Hall–Kier alpha value is -1.25. The summed E-state index contributed by atoms with van der Waals surface area (Å²) in [5.41, 5.74) is -3.23. The molecule has 0 amide bonds. The summed E-state index contributed by atoms with van der Waals surface area (Å²) in [4.78, 5) is 0.497. The topological polar surface area (TPSA) is 0 Å². The lowest BCUT2D eigenvalue weighted by Gasteiger charge is -1.98. The van der Waals surface area contributed by atoms with Gasteiger partial charge in [-0.15, -0.1) is 13.2 Å². The summed E-state index contributed by atoms with van der Waals surface area (Å²) < 4.78 is 78.4. The second kappa shape index (κ2) is 6.25. The third kappa shape index (κ3) is 4.91. The number of alkyl halides is 3. The van der Waals surface area contributed by atoms with Gasteiger partial charge in [0.25, 0.3) is 0 Å². The maximum Gasteiger partial charge on any atom is 0.673 e. The molecule has 0 bridgehead atoms. The molecule has 0 nitrogen and oxygen atoms in total. The van der Waals surface area contributed by atoms with Crippen molar-refractivity contribution in [3.05, 3.63) is 34.7 Å². The molecule has 1 aromatic carbocycles. The Labute approximate surface area is 119 Å². The van der Waals surface area contributed by atoms with E-state index in [4.69, 9.17) is 0 Å². The number of benzene rings is 1. The SMILES string of the molecule is CCc1cc2c(C)cccc2[s+]1C(F)(F)F.F[B-](F)(F)F. The number of fused-ring (bicyclic) bond motifs is 1. The Bertz CT molecular complexity index is 606. The van der Waals surface area contributed by atoms with Crippen LogP contribution in [-0.4, -0.2) is 7.25 Å². The molecule has 1 aromatic heterocycles. The summed E-state index contributed by atoms with van der Waals surface area (Å²) in [6.07, 6.45) is 0.455. The van der Waals surface area contributed by atoms with E-state index in [2.05, 4.69) is 0 Å². The Kier molecular flexibility index (Phi) is 5.30. The molecule has 1 atom stereocenters. The molecule has 1 unspecified atom stereocenters. The van der Waals surface area contributed by atoms with E-state index < -0.39 is 23.2 Å². The summed E-state index contributed by atoms with van der Waals surface area (Å²) in [7, 11) is -7.71. The average molecular weight is 332 g/mol. The lowest BCUT2D eigenvalue weighted by atomic mass is 10.1. The third-order valence-corrected chi connectivity index (χ3v) is 4.84. The van der Waals surface area contributed by atoms with E-state index in [1.165, 1.54) is 0 Å². The van der Waals surface area contributed by atoms with Crippen molar-refractivity contribution in [3.8, 4) is 0 Å². The van der Waals surface area contributed by atoms with Crippen molar-refractivity contribution in [1.82, 2.24) is 0 Å². The first-order valence-corrected chi connectivity index (χ1v) is 7.16. The van der Waals surface area contributed by atoms with E-state index in [-0.39, 0.29) is 0 Å². The molecule has 0 spiro atoms. The molecule has 1 heterocycles. The highest BCUT2D eigenvalue weighted by Crippen LogP contribution is 2.51. The van der Waals surface area contributed by atoms with Crippen LogP contribution in [0.15, 0.2) is 24.3 Å². The fourth-order valence-electron chi connectivity index (χ4n) is 1.90. The minimum atomic E-state index is -6.00. The van der Waals surface area contributed by atoms with Crippen molar-refractivity contribution >= 4 is 27.8 Å². The molecule has 9 heteroatoms. The van der Waals surface area contributed by atoms with Crippen molar-refractivity contribution in [2.24, 2.45) is 0 Å². The van der Waals surface area contributed by atoms with Crippen molar-refractivity contribution in [2.75, 3.05) is 0 Å². The third-order valence-electron chi connectivity index (χ3n) is 2.65. The predicted octanol–water partition coefficient (Wildman–Crippen LogP) is 6.24. The smallest absolute Gasteiger partial charge is 0.418 e. The molecule has 0 aliphatic rings. The molecule has 2 rings (SSSR count). The highest BCUT2D eigenvalue weighted by Gasteiger charge is 2.47. The number of rotatable bonds is 1. The monoisotopic (exact) mass is 332 g/mol. The van der Waals surface area contributed by atoms with Gasteiger partial charge in [-0.3, -0.25) is 0 Å². The number of hydrogen-bond donors (Lipinski definition) is 0. The average Bonchev–Trinajstić information content (AvgIpc) is 2.66. The van der Waals surface area contributed by atoms with Crippen LogP contribution < -0.4 is 0 Å². The van der Waals surface area contributed by atoms with Gasteiger partial charge in [-0.05, 0) is 18.6 Å². The number of aryl methyl sites for hydroxylation is 2. The van der Waals surface area contributed by atoms with Crippen molar-refractivity contribution in [1.29, 1.82) is 0 Å². The van der Waals surface area contributed by atoms with Crippen LogP contribution in [0.25, 0.3) is 10.1 Å². The van der Waals surface area contributed by atoms with Crippen molar-refractivity contribution < 1.29 is 30.4 Å². The molecular weight excluding hydrogens is 320 g/mol. The van der Waals surface area contributed by atoms with E-state index in [1.807, 2.05) is 13.0 Å². The van der Waals surface area contributed by atoms with Gasteiger partial charge >= 0.3 is 12.8 Å². The van der Waals surface area contributed by atoms with Crippen molar-refractivity contribution in [2.45, 2.75) is 25.8 Å². The van der Waals surface area contributed by atoms with Crippen LogP contribution in [0.2, 0.25) is 0 Å². The molecular formula is C12H12BF7S. The lowest BCUT2D eigenvalue weighted by molar-refractivity contribution is -0.0867. The van der Waals surface area contributed by atoms with E-state index in [0.717, 1.165) is 10.9 Å². The van der Waals surface area contributed by atoms with Gasteiger partial charge in [0.1, 0.15) is 0 Å². The van der Waals surface area contributed by atoms with Crippen LogP contribution in [0.1, 0.15) is 17.4 Å². The zero-order valence-electron chi connectivity index (χ0n) is 11.1. The first-order valence-electron chi connectivity index (χ1n) is 5.93. The fourth-order valence-corrected chi connectivity index (χ4v) is 3.91. The molecule has 0 radical (unpaired) electrons. The maximum absolute atomic E-state index is 13.0. The number of halogens is 7. The van der Waals surface area contributed by atoms with Gasteiger partial charge in [-0.25, -0.2) is 0 Å². The molecule has 0 saturated carbocycles. The minimum Gasteiger partial charge on any atom is -0.418 e. The van der Waals surface area contributed by atoms with Gasteiger partial charge < -0.3 is 17.3 Å². The number of thiophene rings is 1. The van der Waals surface area contributed by atoms with Gasteiger partial charge in [0, 0.05) is 17.9 Å². The molecule has 2 aromatic rings. The summed E-state index contributed by atoms with van der Waals surface area (Å²) in [5, 5.41) is 0.764. The molecule has 0 aliphatic carbocycles. The maximum atomic E-state index is 13.0. The van der Waals surface area contributed by atoms with E-state index in [0.29, 0.717) is 16.0 Å². The van der Waals surface area contributed by atoms with Crippen LogP contribution in [-0.2, 0) is 11.9 Å². The zero-order chi connectivity index (χ0) is 16.4. The molecule has 0 fully saturated rings. The Morgan fingerprint density at radius 3 is 2.05 bits per heavy atom. The highest BCUT2D eigenvalue weighted by molar-refractivity contribution is 7.38. The van der Waals surface area contributed by atoms with Crippen LogP contribution in [0, 0.1) is 6.92 Å².